The molecule has 1 amide bonds. The maximum Gasteiger partial charge on any atom is 0.256 e. The summed E-state index contributed by atoms with van der Waals surface area (Å²) < 4.78 is 0. The highest BCUT2D eigenvalue weighted by molar-refractivity contribution is 5.95. The van der Waals surface area contributed by atoms with E-state index in [1.54, 1.807) is 23.2 Å². The number of amides is 1. The van der Waals surface area contributed by atoms with Crippen LogP contribution in [-0.4, -0.2) is 28.4 Å². The Balaban J connectivity index is 2.23. The molecule has 4 nitrogen and oxygen atoms in total. The summed E-state index contributed by atoms with van der Waals surface area (Å²) in [6, 6.07) is 5.86. The van der Waals surface area contributed by atoms with E-state index in [-0.39, 0.29) is 18.5 Å². The average molecular weight is 243 g/mol. The Kier molecular flexibility index (Phi) is 3.93. The summed E-state index contributed by atoms with van der Waals surface area (Å²) in [6.07, 6.45) is 5.98. The number of hydrogen-bond donors (Lipinski definition) is 0. The van der Waals surface area contributed by atoms with Crippen molar-refractivity contribution in [2.45, 2.75) is 38.6 Å². The van der Waals surface area contributed by atoms with Gasteiger partial charge in [-0.25, -0.2) is 0 Å². The first kappa shape index (κ1) is 12.6. The normalized spacial score (nSPS) is 15.3. The van der Waals surface area contributed by atoms with E-state index in [9.17, 15) is 4.79 Å². The molecule has 0 aromatic carbocycles. The molecule has 0 unspecified atom stereocenters. The average Bonchev–Trinajstić information content (AvgIpc) is 2.89. The first-order valence-electron chi connectivity index (χ1n) is 6.33. The fourth-order valence-corrected chi connectivity index (χ4v) is 2.52. The van der Waals surface area contributed by atoms with Crippen LogP contribution in [0.3, 0.4) is 0 Å². The topological polar surface area (TPSA) is 57.0 Å². The fourth-order valence-electron chi connectivity index (χ4n) is 2.52. The zero-order valence-corrected chi connectivity index (χ0v) is 10.6. The largest absolute Gasteiger partial charge is 0.322 e. The first-order valence-corrected chi connectivity index (χ1v) is 6.33. The molecule has 4 heteroatoms. The van der Waals surface area contributed by atoms with Gasteiger partial charge in [0.05, 0.1) is 11.6 Å². The number of pyridine rings is 1. The second-order valence-corrected chi connectivity index (χ2v) is 4.67. The minimum absolute atomic E-state index is 0.0611. The summed E-state index contributed by atoms with van der Waals surface area (Å²) in [5.41, 5.74) is 1.34. The number of carbonyl (C=O) groups excluding carboxylic acids is 1. The van der Waals surface area contributed by atoms with Gasteiger partial charge in [-0.3, -0.25) is 9.78 Å². The van der Waals surface area contributed by atoms with E-state index in [0.717, 1.165) is 31.4 Å². The molecule has 0 saturated heterocycles. The van der Waals surface area contributed by atoms with Crippen molar-refractivity contribution in [3.8, 4) is 6.07 Å². The number of aryl methyl sites for hydroxylation is 1. The van der Waals surface area contributed by atoms with Crippen molar-refractivity contribution in [3.05, 3.63) is 29.6 Å². The molecule has 0 atom stereocenters. The summed E-state index contributed by atoms with van der Waals surface area (Å²) >= 11 is 0. The van der Waals surface area contributed by atoms with Crippen LogP contribution in [0.5, 0.6) is 0 Å². The maximum atomic E-state index is 12.5. The summed E-state index contributed by atoms with van der Waals surface area (Å²) in [5, 5.41) is 8.90. The predicted molar refractivity (Wildman–Crippen MR) is 67.9 cm³/mol. The van der Waals surface area contributed by atoms with Crippen LogP contribution in [0.25, 0.3) is 0 Å². The maximum absolute atomic E-state index is 12.5. The number of hydrogen-bond acceptors (Lipinski definition) is 3. The molecule has 0 bridgehead atoms. The molecule has 2 rings (SSSR count). The van der Waals surface area contributed by atoms with E-state index in [4.69, 9.17) is 5.26 Å². The smallest absolute Gasteiger partial charge is 0.256 e. The van der Waals surface area contributed by atoms with Crippen LogP contribution in [0.4, 0.5) is 0 Å². The van der Waals surface area contributed by atoms with Crippen LogP contribution in [0.2, 0.25) is 0 Å². The Morgan fingerprint density at radius 1 is 1.56 bits per heavy atom. The van der Waals surface area contributed by atoms with Gasteiger partial charge < -0.3 is 4.90 Å². The van der Waals surface area contributed by atoms with Crippen molar-refractivity contribution in [1.29, 1.82) is 5.26 Å². The molecule has 1 aliphatic carbocycles. The highest BCUT2D eigenvalue weighted by Crippen LogP contribution is 2.25. The van der Waals surface area contributed by atoms with Gasteiger partial charge in [-0.15, -0.1) is 0 Å². The number of rotatable bonds is 3. The van der Waals surface area contributed by atoms with Crippen molar-refractivity contribution in [3.63, 3.8) is 0 Å². The zero-order valence-electron chi connectivity index (χ0n) is 10.6. The number of aromatic nitrogens is 1. The van der Waals surface area contributed by atoms with Crippen LogP contribution in [0, 0.1) is 18.3 Å². The summed E-state index contributed by atoms with van der Waals surface area (Å²) in [5.74, 6) is -0.0611. The van der Waals surface area contributed by atoms with E-state index in [0.29, 0.717) is 5.56 Å². The third-order valence-electron chi connectivity index (χ3n) is 3.50. The zero-order chi connectivity index (χ0) is 13.0. The lowest BCUT2D eigenvalue weighted by atomic mass is 10.1. The number of nitrogens with zero attached hydrogens (tertiary/aromatic N) is 3. The van der Waals surface area contributed by atoms with E-state index in [2.05, 4.69) is 11.1 Å². The second kappa shape index (κ2) is 5.63. The molecule has 0 radical (unpaired) electrons. The molecule has 1 aromatic heterocycles. The molecule has 0 N–H and O–H groups in total. The van der Waals surface area contributed by atoms with Crippen molar-refractivity contribution in [2.24, 2.45) is 0 Å². The lowest BCUT2D eigenvalue weighted by Gasteiger charge is -2.26. The Hall–Kier alpha value is -1.89. The number of nitriles is 1. The van der Waals surface area contributed by atoms with Crippen molar-refractivity contribution < 1.29 is 4.79 Å². The minimum Gasteiger partial charge on any atom is -0.322 e. The Bertz CT molecular complexity index is 472. The summed E-state index contributed by atoms with van der Waals surface area (Å²) in [4.78, 5) is 18.3. The summed E-state index contributed by atoms with van der Waals surface area (Å²) in [6.45, 7) is 1.99. The SMILES string of the molecule is Cc1ncccc1C(=O)N(CC#N)C1CCCC1. The van der Waals surface area contributed by atoms with E-state index >= 15 is 0 Å². The van der Waals surface area contributed by atoms with E-state index in [1.165, 1.54) is 0 Å². The molecule has 18 heavy (non-hydrogen) atoms. The molecular weight excluding hydrogens is 226 g/mol. The van der Waals surface area contributed by atoms with Crippen LogP contribution < -0.4 is 0 Å². The molecule has 1 aromatic rings. The van der Waals surface area contributed by atoms with Gasteiger partial charge in [0.25, 0.3) is 5.91 Å². The summed E-state index contributed by atoms with van der Waals surface area (Å²) in [7, 11) is 0. The lowest BCUT2D eigenvalue weighted by molar-refractivity contribution is 0.0708. The molecule has 1 aliphatic rings. The molecule has 1 fully saturated rings. The highest BCUT2D eigenvalue weighted by Gasteiger charge is 2.27. The number of carbonyl (C=O) groups is 1. The molecule has 1 saturated carbocycles. The quantitative estimate of drug-likeness (QED) is 0.765. The molecule has 1 heterocycles. The van der Waals surface area contributed by atoms with Crippen molar-refractivity contribution >= 4 is 5.91 Å². The van der Waals surface area contributed by atoms with Crippen LogP contribution in [0.15, 0.2) is 18.3 Å². The van der Waals surface area contributed by atoms with Crippen LogP contribution in [-0.2, 0) is 0 Å². The van der Waals surface area contributed by atoms with Gasteiger partial charge in [-0.2, -0.15) is 5.26 Å². The predicted octanol–water partition coefficient (Wildman–Crippen LogP) is 2.30. The standard InChI is InChI=1S/C14H17N3O/c1-11-13(7-4-9-16-11)14(18)17(10-8-15)12-5-2-3-6-12/h4,7,9,12H,2-3,5-6,10H2,1H3. The minimum atomic E-state index is -0.0611. The van der Waals surface area contributed by atoms with Gasteiger partial charge in [0.15, 0.2) is 0 Å². The lowest BCUT2D eigenvalue weighted by Crippen LogP contribution is -2.39. The third-order valence-corrected chi connectivity index (χ3v) is 3.50. The van der Waals surface area contributed by atoms with E-state index in [1.807, 2.05) is 6.92 Å². The van der Waals surface area contributed by atoms with Crippen molar-refractivity contribution in [2.75, 3.05) is 6.54 Å². The Labute approximate surface area is 107 Å². The Morgan fingerprint density at radius 3 is 2.89 bits per heavy atom. The first-order chi connectivity index (χ1) is 8.74. The van der Waals surface area contributed by atoms with Crippen LogP contribution in [0.1, 0.15) is 41.7 Å². The van der Waals surface area contributed by atoms with Gasteiger partial charge in [0.1, 0.15) is 6.54 Å². The molecule has 94 valence electrons. The van der Waals surface area contributed by atoms with Gasteiger partial charge in [0, 0.05) is 17.9 Å². The van der Waals surface area contributed by atoms with E-state index < -0.39 is 0 Å². The third kappa shape index (κ3) is 2.51. The monoisotopic (exact) mass is 243 g/mol. The molecule has 0 spiro atoms. The van der Waals surface area contributed by atoms with Gasteiger partial charge in [-0.1, -0.05) is 12.8 Å². The van der Waals surface area contributed by atoms with Gasteiger partial charge in [-0.05, 0) is 31.9 Å². The van der Waals surface area contributed by atoms with Gasteiger partial charge in [0.2, 0.25) is 0 Å². The van der Waals surface area contributed by atoms with Gasteiger partial charge >= 0.3 is 0 Å². The Morgan fingerprint density at radius 2 is 2.28 bits per heavy atom. The second-order valence-electron chi connectivity index (χ2n) is 4.67. The fraction of sp³-hybridized carbons (Fsp3) is 0.500. The van der Waals surface area contributed by atoms with Crippen LogP contribution >= 0.6 is 0 Å². The molecular formula is C14H17N3O. The van der Waals surface area contributed by atoms with Crippen molar-refractivity contribution in [1.82, 2.24) is 9.88 Å². The molecule has 0 aliphatic heterocycles. The highest BCUT2D eigenvalue weighted by atomic mass is 16.2.